The van der Waals surface area contributed by atoms with Crippen molar-refractivity contribution in [2.24, 2.45) is 5.92 Å². The van der Waals surface area contributed by atoms with Crippen molar-refractivity contribution in [2.75, 3.05) is 26.8 Å². The summed E-state index contributed by atoms with van der Waals surface area (Å²) in [7, 11) is 1.48. The molecule has 0 amide bonds. The minimum Gasteiger partial charge on any atom is -0.468 e. The van der Waals surface area contributed by atoms with E-state index in [0.717, 1.165) is 39.0 Å². The summed E-state index contributed by atoms with van der Waals surface area (Å²) >= 11 is 0. The lowest BCUT2D eigenvalue weighted by molar-refractivity contribution is -0.148. The van der Waals surface area contributed by atoms with Gasteiger partial charge < -0.3 is 9.47 Å². The van der Waals surface area contributed by atoms with E-state index in [1.54, 1.807) is 0 Å². The van der Waals surface area contributed by atoms with Gasteiger partial charge in [0.1, 0.15) is 6.04 Å². The van der Waals surface area contributed by atoms with E-state index in [4.69, 9.17) is 9.47 Å². The highest BCUT2D eigenvalue weighted by Gasteiger charge is 2.41. The van der Waals surface area contributed by atoms with Crippen LogP contribution in [-0.4, -0.2) is 49.8 Å². The molecular weight excluding hydrogens is 206 g/mol. The highest BCUT2D eigenvalue weighted by atomic mass is 16.5. The Morgan fingerprint density at radius 3 is 2.88 bits per heavy atom. The minimum atomic E-state index is -0.0726. The molecule has 1 heterocycles. The van der Waals surface area contributed by atoms with Crippen LogP contribution in [0.3, 0.4) is 0 Å². The lowest BCUT2D eigenvalue weighted by Crippen LogP contribution is -2.46. The average molecular weight is 227 g/mol. The van der Waals surface area contributed by atoms with Crippen molar-refractivity contribution < 1.29 is 14.3 Å². The molecule has 16 heavy (non-hydrogen) atoms. The van der Waals surface area contributed by atoms with Gasteiger partial charge >= 0.3 is 5.97 Å². The van der Waals surface area contributed by atoms with Crippen LogP contribution in [-0.2, 0) is 14.3 Å². The Kier molecular flexibility index (Phi) is 3.82. The van der Waals surface area contributed by atoms with Gasteiger partial charge in [0.05, 0.1) is 13.2 Å². The predicted molar refractivity (Wildman–Crippen MR) is 60.1 cm³/mol. The molecule has 4 nitrogen and oxygen atoms in total. The molecule has 0 aromatic rings. The monoisotopic (exact) mass is 227 g/mol. The van der Waals surface area contributed by atoms with Crippen LogP contribution in [0.25, 0.3) is 0 Å². The van der Waals surface area contributed by atoms with Gasteiger partial charge in [0.2, 0.25) is 0 Å². The summed E-state index contributed by atoms with van der Waals surface area (Å²) < 4.78 is 10.5. The zero-order valence-electron chi connectivity index (χ0n) is 10.1. The van der Waals surface area contributed by atoms with Crippen molar-refractivity contribution in [3.05, 3.63) is 0 Å². The minimum absolute atomic E-state index is 0.0332. The average Bonchev–Trinajstić information content (AvgIpc) is 3.07. The normalized spacial score (nSPS) is 29.5. The van der Waals surface area contributed by atoms with Crippen molar-refractivity contribution in [3.8, 4) is 0 Å². The quantitative estimate of drug-likeness (QED) is 0.676. The third-order valence-corrected chi connectivity index (χ3v) is 3.39. The van der Waals surface area contributed by atoms with E-state index in [9.17, 15) is 4.79 Å². The van der Waals surface area contributed by atoms with Gasteiger partial charge in [-0.2, -0.15) is 0 Å². The lowest BCUT2D eigenvalue weighted by atomic mass is 10.1. The van der Waals surface area contributed by atoms with E-state index in [1.165, 1.54) is 7.11 Å². The van der Waals surface area contributed by atoms with E-state index in [0.29, 0.717) is 5.92 Å². The maximum absolute atomic E-state index is 11.8. The fourth-order valence-corrected chi connectivity index (χ4v) is 2.45. The summed E-state index contributed by atoms with van der Waals surface area (Å²) in [6.45, 7) is 4.66. The molecule has 0 aromatic heterocycles. The Labute approximate surface area is 96.9 Å². The molecule has 1 saturated carbocycles. The molecule has 1 aliphatic heterocycles. The van der Waals surface area contributed by atoms with Crippen LogP contribution in [0.2, 0.25) is 0 Å². The topological polar surface area (TPSA) is 38.8 Å². The third kappa shape index (κ3) is 2.74. The number of hydrogen-bond acceptors (Lipinski definition) is 4. The van der Waals surface area contributed by atoms with Crippen LogP contribution in [0.15, 0.2) is 0 Å². The predicted octanol–water partition coefficient (Wildman–Crippen LogP) is 1.05. The Bertz CT molecular complexity index is 253. The summed E-state index contributed by atoms with van der Waals surface area (Å²) in [5.74, 6) is 0.439. The summed E-state index contributed by atoms with van der Waals surface area (Å²) in [6, 6.07) is -0.0332. The number of methoxy groups -OCH3 is 1. The number of ether oxygens (including phenoxy) is 2. The Morgan fingerprint density at radius 1 is 1.50 bits per heavy atom. The smallest absolute Gasteiger partial charge is 0.323 e. The molecule has 2 aliphatic rings. The second-order valence-corrected chi connectivity index (χ2v) is 4.84. The van der Waals surface area contributed by atoms with E-state index in [-0.39, 0.29) is 18.1 Å². The van der Waals surface area contributed by atoms with Gasteiger partial charge in [0.15, 0.2) is 0 Å². The van der Waals surface area contributed by atoms with Gasteiger partial charge in [0.25, 0.3) is 0 Å². The van der Waals surface area contributed by atoms with Crippen molar-refractivity contribution in [3.63, 3.8) is 0 Å². The first-order valence-electron chi connectivity index (χ1n) is 6.16. The first-order chi connectivity index (χ1) is 7.72. The van der Waals surface area contributed by atoms with Crippen LogP contribution < -0.4 is 0 Å². The van der Waals surface area contributed by atoms with Crippen molar-refractivity contribution in [1.29, 1.82) is 0 Å². The number of carbonyl (C=O) groups excluding carboxylic acids is 1. The molecular formula is C12H21NO3. The second kappa shape index (κ2) is 5.15. The van der Waals surface area contributed by atoms with Gasteiger partial charge in [-0.25, -0.2) is 0 Å². The summed E-state index contributed by atoms with van der Waals surface area (Å²) in [5, 5.41) is 0. The summed E-state index contributed by atoms with van der Waals surface area (Å²) in [5.41, 5.74) is 0. The number of rotatable bonds is 3. The fourth-order valence-electron chi connectivity index (χ4n) is 2.45. The molecule has 1 saturated heterocycles. The number of carbonyl (C=O) groups is 1. The van der Waals surface area contributed by atoms with E-state index in [2.05, 4.69) is 11.8 Å². The Hall–Kier alpha value is -0.610. The molecule has 0 aromatic carbocycles. The molecule has 4 heteroatoms. The van der Waals surface area contributed by atoms with Crippen LogP contribution in [0.5, 0.6) is 0 Å². The van der Waals surface area contributed by atoms with Crippen LogP contribution in [0.1, 0.15) is 26.2 Å². The first-order valence-corrected chi connectivity index (χ1v) is 6.16. The van der Waals surface area contributed by atoms with E-state index in [1.807, 2.05) is 0 Å². The standard InChI is InChI=1S/C12H21NO3/c1-9-8-13(6-3-7-16-9)11(10-4-5-10)12(14)15-2/h9-11H,3-8H2,1-2H3. The van der Waals surface area contributed by atoms with Crippen molar-refractivity contribution >= 4 is 5.97 Å². The van der Waals surface area contributed by atoms with Gasteiger partial charge in [-0.3, -0.25) is 9.69 Å². The maximum atomic E-state index is 11.8. The van der Waals surface area contributed by atoms with Gasteiger partial charge in [-0.05, 0) is 32.1 Å². The molecule has 0 spiro atoms. The molecule has 0 N–H and O–H groups in total. The summed E-state index contributed by atoms with van der Waals surface area (Å²) in [4.78, 5) is 14.1. The van der Waals surface area contributed by atoms with Crippen molar-refractivity contribution in [1.82, 2.24) is 4.90 Å². The molecule has 2 unspecified atom stereocenters. The highest BCUT2D eigenvalue weighted by molar-refractivity contribution is 5.76. The molecule has 2 rings (SSSR count). The van der Waals surface area contributed by atoms with Crippen LogP contribution in [0, 0.1) is 5.92 Å². The van der Waals surface area contributed by atoms with E-state index >= 15 is 0 Å². The molecule has 0 bridgehead atoms. The van der Waals surface area contributed by atoms with Crippen molar-refractivity contribution in [2.45, 2.75) is 38.3 Å². The second-order valence-electron chi connectivity index (χ2n) is 4.84. The van der Waals surface area contributed by atoms with E-state index < -0.39 is 0 Å². The summed E-state index contributed by atoms with van der Waals surface area (Å²) in [6.07, 6.45) is 3.54. The first kappa shape index (κ1) is 11.9. The largest absolute Gasteiger partial charge is 0.468 e. The SMILES string of the molecule is COC(=O)C(C1CC1)N1CCCOC(C)C1. The number of nitrogens with zero attached hydrogens (tertiary/aromatic N) is 1. The Morgan fingerprint density at radius 2 is 2.25 bits per heavy atom. The Balaban J connectivity index is 2.02. The highest BCUT2D eigenvalue weighted by Crippen LogP contribution is 2.36. The van der Waals surface area contributed by atoms with Crippen LogP contribution in [0.4, 0.5) is 0 Å². The zero-order valence-corrected chi connectivity index (χ0v) is 10.1. The number of hydrogen-bond donors (Lipinski definition) is 0. The van der Waals surface area contributed by atoms with Crippen LogP contribution >= 0.6 is 0 Å². The molecule has 1 aliphatic carbocycles. The molecule has 0 radical (unpaired) electrons. The molecule has 92 valence electrons. The zero-order chi connectivity index (χ0) is 11.5. The third-order valence-electron chi connectivity index (χ3n) is 3.39. The molecule has 2 fully saturated rings. The molecule has 2 atom stereocenters. The maximum Gasteiger partial charge on any atom is 0.323 e. The van der Waals surface area contributed by atoms with Gasteiger partial charge in [-0.15, -0.1) is 0 Å². The van der Waals surface area contributed by atoms with Gasteiger partial charge in [0, 0.05) is 19.7 Å². The van der Waals surface area contributed by atoms with Gasteiger partial charge in [-0.1, -0.05) is 0 Å². The fraction of sp³-hybridized carbons (Fsp3) is 0.917. The lowest BCUT2D eigenvalue weighted by Gasteiger charge is -2.29. The number of esters is 1.